The van der Waals surface area contributed by atoms with Gasteiger partial charge in [0.05, 0.1) is 0 Å². The number of imide groups is 1. The fraction of sp³-hybridized carbons (Fsp3) is 0.842. The van der Waals surface area contributed by atoms with E-state index in [4.69, 9.17) is 0 Å². The van der Waals surface area contributed by atoms with Gasteiger partial charge in [0.25, 0.3) is 0 Å². The van der Waals surface area contributed by atoms with Gasteiger partial charge in [-0.25, -0.2) is 0 Å². The third-order valence-corrected chi connectivity index (χ3v) is 5.77. The lowest BCUT2D eigenvalue weighted by Gasteiger charge is -2.56. The first-order valence-electron chi connectivity index (χ1n) is 9.15. The standard InChI is InChI=1S/C19H32N2O3/c1-7-9-21(10-8-2)16(24)19(5)12-17(3)11-18(4,13-19)15(23)20(6)14(17)22/h7-13H2,1-6H3. The van der Waals surface area contributed by atoms with E-state index in [9.17, 15) is 14.4 Å². The van der Waals surface area contributed by atoms with Crippen LogP contribution < -0.4 is 0 Å². The highest BCUT2D eigenvalue weighted by molar-refractivity contribution is 6.04. The highest BCUT2D eigenvalue weighted by atomic mass is 16.2. The molecule has 0 aromatic rings. The summed E-state index contributed by atoms with van der Waals surface area (Å²) in [7, 11) is 1.57. The summed E-state index contributed by atoms with van der Waals surface area (Å²) < 4.78 is 0. The van der Waals surface area contributed by atoms with Crippen molar-refractivity contribution in [2.24, 2.45) is 16.2 Å². The predicted octanol–water partition coefficient (Wildman–Crippen LogP) is 2.84. The van der Waals surface area contributed by atoms with E-state index in [0.717, 1.165) is 25.9 Å². The van der Waals surface area contributed by atoms with Crippen molar-refractivity contribution in [3.05, 3.63) is 0 Å². The second kappa shape index (κ2) is 6.16. The van der Waals surface area contributed by atoms with Crippen molar-refractivity contribution in [3.63, 3.8) is 0 Å². The molecule has 2 rings (SSSR count). The van der Waals surface area contributed by atoms with Gasteiger partial charge in [-0.15, -0.1) is 0 Å². The van der Waals surface area contributed by atoms with Crippen molar-refractivity contribution >= 4 is 17.7 Å². The number of nitrogens with zero attached hydrogens (tertiary/aromatic N) is 2. The van der Waals surface area contributed by atoms with Crippen molar-refractivity contribution in [3.8, 4) is 0 Å². The number of amides is 3. The van der Waals surface area contributed by atoms with E-state index < -0.39 is 16.2 Å². The lowest BCUT2D eigenvalue weighted by molar-refractivity contribution is -0.180. The Morgan fingerprint density at radius 2 is 1.38 bits per heavy atom. The van der Waals surface area contributed by atoms with Crippen molar-refractivity contribution in [1.82, 2.24) is 9.80 Å². The average molecular weight is 336 g/mol. The first-order valence-corrected chi connectivity index (χ1v) is 9.15. The first kappa shape index (κ1) is 18.9. The number of likely N-dealkylation sites (tertiary alicyclic amines) is 1. The second-order valence-electron chi connectivity index (χ2n) is 8.67. The molecule has 3 amide bonds. The van der Waals surface area contributed by atoms with Crippen molar-refractivity contribution in [1.29, 1.82) is 0 Å². The topological polar surface area (TPSA) is 57.7 Å². The summed E-state index contributed by atoms with van der Waals surface area (Å²) >= 11 is 0. The quantitative estimate of drug-likeness (QED) is 0.725. The van der Waals surface area contributed by atoms with E-state index in [1.165, 1.54) is 4.90 Å². The number of carbonyl (C=O) groups excluding carboxylic acids is 3. The van der Waals surface area contributed by atoms with Gasteiger partial charge < -0.3 is 4.90 Å². The summed E-state index contributed by atoms with van der Waals surface area (Å²) in [5, 5.41) is 0. The molecule has 0 spiro atoms. The van der Waals surface area contributed by atoms with Crippen molar-refractivity contribution in [2.75, 3.05) is 20.1 Å². The molecular weight excluding hydrogens is 304 g/mol. The van der Waals surface area contributed by atoms with Gasteiger partial charge in [0.1, 0.15) is 0 Å². The summed E-state index contributed by atoms with van der Waals surface area (Å²) in [4.78, 5) is 41.9. The minimum absolute atomic E-state index is 0.105. The largest absolute Gasteiger partial charge is 0.342 e. The SMILES string of the molecule is CCCN(CCC)C(=O)C1(C)CC2(C)CC(C)(C1)C(=O)N(C)C2=O. The van der Waals surface area contributed by atoms with E-state index in [0.29, 0.717) is 19.3 Å². The molecule has 0 aromatic heterocycles. The Hall–Kier alpha value is -1.39. The molecule has 2 aliphatic rings. The third-order valence-electron chi connectivity index (χ3n) is 5.77. The zero-order valence-electron chi connectivity index (χ0n) is 16.1. The maximum Gasteiger partial charge on any atom is 0.234 e. The molecule has 1 aliphatic carbocycles. The maximum absolute atomic E-state index is 13.3. The van der Waals surface area contributed by atoms with Crippen LogP contribution in [0.25, 0.3) is 0 Å². The Labute approximate surface area is 145 Å². The van der Waals surface area contributed by atoms with E-state index in [1.807, 2.05) is 25.7 Å². The number of hydrogen-bond acceptors (Lipinski definition) is 3. The van der Waals surface area contributed by atoms with Gasteiger partial charge >= 0.3 is 0 Å². The number of fused-ring (bicyclic) bond motifs is 2. The van der Waals surface area contributed by atoms with Crippen LogP contribution in [-0.4, -0.2) is 47.7 Å². The maximum atomic E-state index is 13.3. The molecule has 5 heteroatoms. The lowest BCUT2D eigenvalue weighted by atomic mass is 9.51. The van der Waals surface area contributed by atoms with Gasteiger partial charge in [-0.05, 0) is 32.1 Å². The molecule has 136 valence electrons. The van der Waals surface area contributed by atoms with Crippen LogP contribution in [0, 0.1) is 16.2 Å². The normalized spacial score (nSPS) is 36.0. The second-order valence-corrected chi connectivity index (χ2v) is 8.67. The van der Waals surface area contributed by atoms with Crippen LogP contribution in [0.5, 0.6) is 0 Å². The number of rotatable bonds is 5. The van der Waals surface area contributed by atoms with Gasteiger partial charge in [0.2, 0.25) is 17.7 Å². The van der Waals surface area contributed by atoms with Crippen molar-refractivity contribution in [2.45, 2.75) is 66.7 Å². The van der Waals surface area contributed by atoms with Crippen molar-refractivity contribution < 1.29 is 14.4 Å². The van der Waals surface area contributed by atoms with Crippen LogP contribution in [0.4, 0.5) is 0 Å². The van der Waals surface area contributed by atoms with Crippen LogP contribution in [0.15, 0.2) is 0 Å². The molecule has 1 heterocycles. The fourth-order valence-electron chi connectivity index (χ4n) is 5.36. The summed E-state index contributed by atoms with van der Waals surface area (Å²) in [5.41, 5.74) is -1.92. The molecule has 1 aliphatic heterocycles. The number of piperidine rings is 1. The van der Waals surface area contributed by atoms with Gasteiger partial charge in [-0.2, -0.15) is 0 Å². The molecule has 2 unspecified atom stereocenters. The summed E-state index contributed by atoms with van der Waals surface area (Å²) in [5.74, 6) is -0.170. The van der Waals surface area contributed by atoms with Gasteiger partial charge in [0.15, 0.2) is 0 Å². The van der Waals surface area contributed by atoms with E-state index in [2.05, 4.69) is 13.8 Å². The average Bonchev–Trinajstić information content (AvgIpc) is 2.49. The third kappa shape index (κ3) is 2.86. The molecular formula is C19H32N2O3. The molecule has 2 fully saturated rings. The van der Waals surface area contributed by atoms with Gasteiger partial charge in [-0.1, -0.05) is 34.6 Å². The highest BCUT2D eigenvalue weighted by Gasteiger charge is 2.62. The van der Waals surface area contributed by atoms with Crippen LogP contribution in [0.2, 0.25) is 0 Å². The summed E-state index contributed by atoms with van der Waals surface area (Å²) in [6.07, 6.45) is 3.42. The first-order chi connectivity index (χ1) is 11.0. The van der Waals surface area contributed by atoms with Gasteiger partial charge in [0, 0.05) is 36.4 Å². The molecule has 2 bridgehead atoms. The minimum atomic E-state index is -0.654. The summed E-state index contributed by atoms with van der Waals surface area (Å²) in [6.45, 7) is 11.4. The molecule has 1 saturated carbocycles. The minimum Gasteiger partial charge on any atom is -0.342 e. The monoisotopic (exact) mass is 336 g/mol. The fourth-order valence-corrected chi connectivity index (χ4v) is 5.36. The molecule has 0 N–H and O–H groups in total. The molecule has 0 aromatic carbocycles. The van der Waals surface area contributed by atoms with E-state index in [-0.39, 0.29) is 17.7 Å². The van der Waals surface area contributed by atoms with Gasteiger partial charge in [-0.3, -0.25) is 19.3 Å². The number of hydrogen-bond donors (Lipinski definition) is 0. The Morgan fingerprint density at radius 1 is 0.958 bits per heavy atom. The molecule has 0 radical (unpaired) electrons. The Bertz CT molecular complexity index is 523. The smallest absolute Gasteiger partial charge is 0.234 e. The Morgan fingerprint density at radius 3 is 1.75 bits per heavy atom. The zero-order chi connectivity index (χ0) is 18.3. The zero-order valence-corrected chi connectivity index (χ0v) is 16.1. The Balaban J connectivity index is 2.39. The highest BCUT2D eigenvalue weighted by Crippen LogP contribution is 2.58. The van der Waals surface area contributed by atoms with Crippen LogP contribution >= 0.6 is 0 Å². The van der Waals surface area contributed by atoms with E-state index in [1.54, 1.807) is 7.05 Å². The Kier molecular flexibility index (Phi) is 4.86. The predicted molar refractivity (Wildman–Crippen MR) is 93.1 cm³/mol. The lowest BCUT2D eigenvalue weighted by Crippen LogP contribution is -2.64. The molecule has 24 heavy (non-hydrogen) atoms. The van der Waals surface area contributed by atoms with Crippen LogP contribution in [0.1, 0.15) is 66.7 Å². The van der Waals surface area contributed by atoms with Crippen LogP contribution in [0.3, 0.4) is 0 Å². The molecule has 5 nitrogen and oxygen atoms in total. The van der Waals surface area contributed by atoms with Crippen LogP contribution in [-0.2, 0) is 14.4 Å². The van der Waals surface area contributed by atoms with E-state index >= 15 is 0 Å². The summed E-state index contributed by atoms with van der Waals surface area (Å²) in [6, 6.07) is 0. The number of carbonyl (C=O) groups is 3. The molecule has 2 atom stereocenters. The molecule has 1 saturated heterocycles.